The average Bonchev–Trinajstić information content (AvgIpc) is 3.03. The summed E-state index contributed by atoms with van der Waals surface area (Å²) in [6.07, 6.45) is 8.10. The molecular formula is C19H25NO4. The Morgan fingerprint density at radius 3 is 2.54 bits per heavy atom. The van der Waals surface area contributed by atoms with Gasteiger partial charge >= 0.3 is 12.1 Å². The molecule has 0 radical (unpaired) electrons. The maximum Gasteiger partial charge on any atom is 0.418 e. The summed E-state index contributed by atoms with van der Waals surface area (Å²) in [5.41, 5.74) is 1.20. The Morgan fingerprint density at radius 1 is 1.04 bits per heavy atom. The molecule has 0 aliphatic rings. The zero-order valence-corrected chi connectivity index (χ0v) is 14.4. The number of benzene rings is 1. The number of rotatable bonds is 8. The summed E-state index contributed by atoms with van der Waals surface area (Å²) in [4.78, 5) is 23.7. The number of ether oxygens (including phenoxy) is 2. The molecule has 0 N–H and O–H groups in total. The number of hydrogen-bond acceptors (Lipinski definition) is 4. The van der Waals surface area contributed by atoms with E-state index >= 15 is 0 Å². The molecular weight excluding hydrogens is 306 g/mol. The molecule has 5 heteroatoms. The Balaban J connectivity index is 1.88. The molecule has 0 bridgehead atoms. The first kappa shape index (κ1) is 18.0. The molecule has 1 aromatic carbocycles. The standard InChI is InChI=1S/C19H25NO4/c1-3-4-5-6-7-8-13-24-18(21)16-9-10-17-15(14-16)11-12-20(17)19(22)23-2/h9-12,14H,3-8,13H2,1-2H3. The van der Waals surface area contributed by atoms with Gasteiger partial charge in [0.15, 0.2) is 0 Å². The Labute approximate surface area is 142 Å². The van der Waals surface area contributed by atoms with Gasteiger partial charge in [0.25, 0.3) is 0 Å². The van der Waals surface area contributed by atoms with Crippen LogP contribution in [0.4, 0.5) is 4.79 Å². The second-order valence-corrected chi connectivity index (χ2v) is 5.83. The van der Waals surface area contributed by atoms with Crippen LogP contribution in [0, 0.1) is 0 Å². The van der Waals surface area contributed by atoms with E-state index < -0.39 is 6.09 Å². The summed E-state index contributed by atoms with van der Waals surface area (Å²) in [5.74, 6) is -0.323. The third-order valence-electron chi connectivity index (χ3n) is 4.03. The van der Waals surface area contributed by atoms with Crippen molar-refractivity contribution in [2.45, 2.75) is 45.4 Å². The minimum absolute atomic E-state index is 0.323. The molecule has 0 amide bonds. The van der Waals surface area contributed by atoms with E-state index in [0.29, 0.717) is 17.7 Å². The highest BCUT2D eigenvalue weighted by Gasteiger charge is 2.12. The lowest BCUT2D eigenvalue weighted by Crippen LogP contribution is -2.10. The van der Waals surface area contributed by atoms with E-state index in [4.69, 9.17) is 9.47 Å². The lowest BCUT2D eigenvalue weighted by Gasteiger charge is -2.06. The maximum atomic E-state index is 12.1. The van der Waals surface area contributed by atoms with E-state index in [9.17, 15) is 9.59 Å². The van der Waals surface area contributed by atoms with Crippen molar-refractivity contribution in [2.24, 2.45) is 0 Å². The summed E-state index contributed by atoms with van der Waals surface area (Å²) in [6, 6.07) is 6.91. The molecule has 0 spiro atoms. The number of fused-ring (bicyclic) bond motifs is 1. The van der Waals surface area contributed by atoms with E-state index in [1.807, 2.05) is 0 Å². The van der Waals surface area contributed by atoms with Gasteiger partial charge in [-0.2, -0.15) is 0 Å². The van der Waals surface area contributed by atoms with Crippen LogP contribution < -0.4 is 0 Å². The predicted octanol–water partition coefficient (Wildman–Crippen LogP) is 4.77. The number of carbonyl (C=O) groups excluding carboxylic acids is 2. The van der Waals surface area contributed by atoms with Gasteiger partial charge in [0.2, 0.25) is 0 Å². The smallest absolute Gasteiger partial charge is 0.418 e. The van der Waals surface area contributed by atoms with Crippen LogP contribution in [-0.4, -0.2) is 30.3 Å². The Kier molecular flexibility index (Phi) is 6.85. The lowest BCUT2D eigenvalue weighted by atomic mass is 10.1. The molecule has 0 fully saturated rings. The van der Waals surface area contributed by atoms with Crippen molar-refractivity contribution >= 4 is 23.0 Å². The second kappa shape index (κ2) is 9.11. The quantitative estimate of drug-likeness (QED) is 0.516. The Bertz CT molecular complexity index is 690. The first-order chi connectivity index (χ1) is 11.7. The van der Waals surface area contributed by atoms with Crippen molar-refractivity contribution in [3.8, 4) is 0 Å². The average molecular weight is 331 g/mol. The van der Waals surface area contributed by atoms with Crippen molar-refractivity contribution in [2.75, 3.05) is 13.7 Å². The molecule has 24 heavy (non-hydrogen) atoms. The zero-order valence-electron chi connectivity index (χ0n) is 14.4. The molecule has 5 nitrogen and oxygen atoms in total. The summed E-state index contributed by atoms with van der Waals surface area (Å²) in [7, 11) is 1.34. The molecule has 1 aromatic heterocycles. The number of esters is 1. The summed E-state index contributed by atoms with van der Waals surface area (Å²) >= 11 is 0. The van der Waals surface area contributed by atoms with Crippen LogP contribution in [-0.2, 0) is 9.47 Å². The van der Waals surface area contributed by atoms with Crippen LogP contribution in [0.3, 0.4) is 0 Å². The van der Waals surface area contributed by atoms with E-state index in [-0.39, 0.29) is 5.97 Å². The van der Waals surface area contributed by atoms with Crippen LogP contribution in [0.5, 0.6) is 0 Å². The van der Waals surface area contributed by atoms with Crippen LogP contribution >= 0.6 is 0 Å². The van der Waals surface area contributed by atoms with Gasteiger partial charge in [-0.15, -0.1) is 0 Å². The van der Waals surface area contributed by atoms with Gasteiger partial charge in [0.1, 0.15) is 0 Å². The molecule has 0 aliphatic heterocycles. The van der Waals surface area contributed by atoms with Gasteiger partial charge < -0.3 is 9.47 Å². The van der Waals surface area contributed by atoms with Gasteiger partial charge in [0, 0.05) is 11.6 Å². The molecule has 2 rings (SSSR count). The molecule has 0 saturated heterocycles. The van der Waals surface area contributed by atoms with Crippen LogP contribution in [0.1, 0.15) is 55.8 Å². The number of carbonyl (C=O) groups is 2. The number of methoxy groups -OCH3 is 1. The summed E-state index contributed by atoms with van der Waals surface area (Å²) < 4.78 is 11.4. The molecule has 0 unspecified atom stereocenters. The fourth-order valence-corrected chi connectivity index (χ4v) is 2.66. The first-order valence-electron chi connectivity index (χ1n) is 8.54. The van der Waals surface area contributed by atoms with E-state index in [0.717, 1.165) is 18.2 Å². The Hall–Kier alpha value is -2.30. The SMILES string of the molecule is CCCCCCCCOC(=O)c1ccc2c(ccn2C(=O)OC)c1. The largest absolute Gasteiger partial charge is 0.462 e. The molecule has 0 saturated carbocycles. The number of unbranched alkanes of at least 4 members (excludes halogenated alkanes) is 5. The fourth-order valence-electron chi connectivity index (χ4n) is 2.66. The number of nitrogens with zero attached hydrogens (tertiary/aromatic N) is 1. The molecule has 1 heterocycles. The van der Waals surface area contributed by atoms with Crippen molar-refractivity contribution in [3.05, 3.63) is 36.0 Å². The van der Waals surface area contributed by atoms with Gasteiger partial charge in [-0.3, -0.25) is 4.57 Å². The Morgan fingerprint density at radius 2 is 1.79 bits per heavy atom. The zero-order chi connectivity index (χ0) is 17.4. The van der Waals surface area contributed by atoms with Crippen molar-refractivity contribution < 1.29 is 19.1 Å². The van der Waals surface area contributed by atoms with E-state index in [1.165, 1.54) is 37.4 Å². The van der Waals surface area contributed by atoms with Crippen LogP contribution in [0.15, 0.2) is 30.5 Å². The molecule has 0 atom stereocenters. The summed E-state index contributed by atoms with van der Waals surface area (Å²) in [5, 5.41) is 0.800. The van der Waals surface area contributed by atoms with Crippen molar-refractivity contribution in [3.63, 3.8) is 0 Å². The van der Waals surface area contributed by atoms with Gasteiger partial charge in [0.05, 0.1) is 24.8 Å². The molecule has 2 aromatic rings. The fraction of sp³-hybridized carbons (Fsp3) is 0.474. The molecule has 0 aliphatic carbocycles. The topological polar surface area (TPSA) is 57.5 Å². The highest BCUT2D eigenvalue weighted by Crippen LogP contribution is 2.19. The molecule has 130 valence electrons. The van der Waals surface area contributed by atoms with E-state index in [2.05, 4.69) is 6.92 Å². The summed E-state index contributed by atoms with van der Waals surface area (Å²) in [6.45, 7) is 2.64. The van der Waals surface area contributed by atoms with Crippen molar-refractivity contribution in [1.82, 2.24) is 4.57 Å². The third-order valence-corrected chi connectivity index (χ3v) is 4.03. The number of aromatic nitrogens is 1. The van der Waals surface area contributed by atoms with Gasteiger partial charge in [-0.05, 0) is 30.7 Å². The minimum Gasteiger partial charge on any atom is -0.462 e. The van der Waals surface area contributed by atoms with Gasteiger partial charge in [-0.25, -0.2) is 9.59 Å². The normalized spacial score (nSPS) is 10.8. The predicted molar refractivity (Wildman–Crippen MR) is 93.4 cm³/mol. The van der Waals surface area contributed by atoms with Crippen LogP contribution in [0.2, 0.25) is 0 Å². The highest BCUT2D eigenvalue weighted by molar-refractivity contribution is 5.97. The lowest BCUT2D eigenvalue weighted by molar-refractivity contribution is 0.0498. The van der Waals surface area contributed by atoms with Crippen LogP contribution in [0.25, 0.3) is 10.9 Å². The maximum absolute atomic E-state index is 12.1. The van der Waals surface area contributed by atoms with Gasteiger partial charge in [-0.1, -0.05) is 39.0 Å². The van der Waals surface area contributed by atoms with E-state index in [1.54, 1.807) is 30.5 Å². The third kappa shape index (κ3) is 4.60. The minimum atomic E-state index is -0.455. The second-order valence-electron chi connectivity index (χ2n) is 5.83. The number of hydrogen-bond donors (Lipinski definition) is 0. The van der Waals surface area contributed by atoms with Crippen molar-refractivity contribution in [1.29, 1.82) is 0 Å². The monoisotopic (exact) mass is 331 g/mol. The first-order valence-corrected chi connectivity index (χ1v) is 8.54. The highest BCUT2D eigenvalue weighted by atomic mass is 16.5.